The summed E-state index contributed by atoms with van der Waals surface area (Å²) < 4.78 is 19.2. The Hall–Kier alpha value is -2.24. The highest BCUT2D eigenvalue weighted by Crippen LogP contribution is 2.24. The van der Waals surface area contributed by atoms with Crippen molar-refractivity contribution in [3.8, 4) is 0 Å². The third-order valence-corrected chi connectivity index (χ3v) is 4.56. The molecule has 3 rings (SSSR count). The van der Waals surface area contributed by atoms with Gasteiger partial charge in [-0.25, -0.2) is 4.39 Å². The van der Waals surface area contributed by atoms with Crippen LogP contribution in [0.25, 0.3) is 0 Å². The molecular weight excluding hydrogens is 319 g/mol. The Morgan fingerprint density at radius 3 is 2.84 bits per heavy atom. The van der Waals surface area contributed by atoms with E-state index in [4.69, 9.17) is 4.74 Å². The molecule has 2 aromatic carbocycles. The Labute approximate surface area is 147 Å². The highest BCUT2D eigenvalue weighted by Gasteiger charge is 2.28. The molecule has 1 aliphatic rings. The molecule has 1 N–H and O–H groups in total. The van der Waals surface area contributed by atoms with Crippen LogP contribution in [-0.4, -0.2) is 36.5 Å². The van der Waals surface area contributed by atoms with E-state index in [1.54, 1.807) is 6.07 Å². The van der Waals surface area contributed by atoms with E-state index in [9.17, 15) is 9.18 Å². The van der Waals surface area contributed by atoms with Crippen molar-refractivity contribution in [3.05, 3.63) is 71.5 Å². The monoisotopic (exact) mass is 342 g/mol. The molecule has 0 bridgehead atoms. The lowest BCUT2D eigenvalue weighted by molar-refractivity contribution is -0.129. The van der Waals surface area contributed by atoms with Crippen molar-refractivity contribution in [1.82, 2.24) is 10.2 Å². The predicted molar refractivity (Wildman–Crippen MR) is 94.4 cm³/mol. The highest BCUT2D eigenvalue weighted by atomic mass is 19.1. The fraction of sp³-hybridized carbons (Fsp3) is 0.350. The Kier molecular flexibility index (Phi) is 5.79. The van der Waals surface area contributed by atoms with Crippen LogP contribution in [0.1, 0.15) is 24.2 Å². The van der Waals surface area contributed by atoms with E-state index in [0.717, 1.165) is 11.1 Å². The molecule has 1 aliphatic heterocycles. The first-order valence-corrected chi connectivity index (χ1v) is 8.56. The molecule has 4 nitrogen and oxygen atoms in total. The summed E-state index contributed by atoms with van der Waals surface area (Å²) in [5.74, 6) is -0.282. The van der Waals surface area contributed by atoms with Gasteiger partial charge in [-0.2, -0.15) is 0 Å². The van der Waals surface area contributed by atoms with Crippen LogP contribution in [0.3, 0.4) is 0 Å². The molecule has 2 aromatic rings. The van der Waals surface area contributed by atoms with Gasteiger partial charge in [0.1, 0.15) is 5.82 Å². The van der Waals surface area contributed by atoms with Gasteiger partial charge in [-0.15, -0.1) is 0 Å². The molecule has 0 radical (unpaired) electrons. The summed E-state index contributed by atoms with van der Waals surface area (Å²) in [5, 5.41) is 2.98. The number of nitrogens with one attached hydrogen (secondary N) is 1. The van der Waals surface area contributed by atoms with Crippen molar-refractivity contribution in [2.75, 3.05) is 19.7 Å². The number of rotatable bonds is 5. The van der Waals surface area contributed by atoms with Gasteiger partial charge in [-0.1, -0.05) is 42.5 Å². The number of morpholine rings is 1. The van der Waals surface area contributed by atoms with E-state index >= 15 is 0 Å². The van der Waals surface area contributed by atoms with E-state index in [1.165, 1.54) is 12.1 Å². The lowest BCUT2D eigenvalue weighted by atomic mass is 10.1. The van der Waals surface area contributed by atoms with Gasteiger partial charge in [-0.05, 0) is 30.2 Å². The quantitative estimate of drug-likeness (QED) is 0.908. The van der Waals surface area contributed by atoms with Crippen LogP contribution in [0.4, 0.5) is 4.39 Å². The fourth-order valence-electron chi connectivity index (χ4n) is 3.03. The second-order valence-corrected chi connectivity index (χ2v) is 6.29. The topological polar surface area (TPSA) is 41.6 Å². The number of amides is 1. The van der Waals surface area contributed by atoms with Crippen LogP contribution in [0.5, 0.6) is 0 Å². The normalized spacial score (nSPS) is 19.4. The van der Waals surface area contributed by atoms with E-state index in [-0.39, 0.29) is 23.9 Å². The van der Waals surface area contributed by atoms with Gasteiger partial charge in [0.2, 0.25) is 5.91 Å². The van der Waals surface area contributed by atoms with Gasteiger partial charge in [0, 0.05) is 19.6 Å². The number of ether oxygens (including phenoxy) is 1. The average molecular weight is 342 g/mol. The van der Waals surface area contributed by atoms with Crippen LogP contribution >= 0.6 is 0 Å². The number of nitrogens with zero attached hydrogens (tertiary/aromatic N) is 1. The smallest absolute Gasteiger partial charge is 0.237 e. The maximum absolute atomic E-state index is 13.4. The lowest BCUT2D eigenvalue weighted by Crippen LogP contribution is -2.50. The Bertz CT molecular complexity index is 708. The summed E-state index contributed by atoms with van der Waals surface area (Å²) in [5.41, 5.74) is 1.88. The molecule has 0 aliphatic carbocycles. The SMILES string of the molecule is CC(C(=O)NCc1ccccc1)N1CCOC(c2cccc(F)c2)C1. The van der Waals surface area contributed by atoms with Crippen LogP contribution < -0.4 is 5.32 Å². The third kappa shape index (κ3) is 4.65. The second kappa shape index (κ2) is 8.23. The van der Waals surface area contributed by atoms with E-state index in [0.29, 0.717) is 26.2 Å². The maximum atomic E-state index is 13.4. The molecule has 2 unspecified atom stereocenters. The predicted octanol–water partition coefficient (Wildman–Crippen LogP) is 2.90. The van der Waals surface area contributed by atoms with Crippen LogP contribution in [0.2, 0.25) is 0 Å². The minimum absolute atomic E-state index is 0.0104. The van der Waals surface area contributed by atoms with Gasteiger partial charge < -0.3 is 10.1 Å². The second-order valence-electron chi connectivity index (χ2n) is 6.29. The van der Waals surface area contributed by atoms with Gasteiger partial charge in [0.05, 0.1) is 18.8 Å². The zero-order valence-electron chi connectivity index (χ0n) is 14.3. The summed E-state index contributed by atoms with van der Waals surface area (Å²) in [6.07, 6.45) is -0.214. The van der Waals surface area contributed by atoms with Crippen molar-refractivity contribution < 1.29 is 13.9 Å². The Morgan fingerprint density at radius 2 is 2.08 bits per heavy atom. The molecule has 0 saturated carbocycles. The van der Waals surface area contributed by atoms with Gasteiger partial charge in [-0.3, -0.25) is 9.69 Å². The lowest BCUT2D eigenvalue weighted by Gasteiger charge is -2.36. The molecule has 0 spiro atoms. The first kappa shape index (κ1) is 17.6. The zero-order valence-corrected chi connectivity index (χ0v) is 14.3. The number of hydrogen-bond acceptors (Lipinski definition) is 3. The minimum Gasteiger partial charge on any atom is -0.371 e. The minimum atomic E-state index is -0.271. The van der Waals surface area contributed by atoms with Crippen molar-refractivity contribution in [2.45, 2.75) is 25.6 Å². The highest BCUT2D eigenvalue weighted by molar-refractivity contribution is 5.81. The molecule has 25 heavy (non-hydrogen) atoms. The molecule has 2 atom stereocenters. The van der Waals surface area contributed by atoms with Gasteiger partial charge >= 0.3 is 0 Å². The van der Waals surface area contributed by atoms with Crippen LogP contribution in [0, 0.1) is 5.82 Å². The van der Waals surface area contributed by atoms with E-state index < -0.39 is 0 Å². The number of hydrogen-bond donors (Lipinski definition) is 1. The average Bonchev–Trinajstić information content (AvgIpc) is 2.66. The summed E-state index contributed by atoms with van der Waals surface area (Å²) in [4.78, 5) is 14.5. The van der Waals surface area contributed by atoms with E-state index in [2.05, 4.69) is 10.2 Å². The van der Waals surface area contributed by atoms with Crippen molar-refractivity contribution >= 4 is 5.91 Å². The Balaban J connectivity index is 1.57. The van der Waals surface area contributed by atoms with E-state index in [1.807, 2.05) is 43.3 Å². The van der Waals surface area contributed by atoms with Crippen LogP contribution in [0.15, 0.2) is 54.6 Å². The third-order valence-electron chi connectivity index (χ3n) is 4.56. The number of carbonyl (C=O) groups excluding carboxylic acids is 1. The first-order valence-electron chi connectivity index (χ1n) is 8.56. The van der Waals surface area contributed by atoms with Crippen molar-refractivity contribution in [1.29, 1.82) is 0 Å². The number of benzene rings is 2. The standard InChI is InChI=1S/C20H23FN2O2/c1-15(20(24)22-13-16-6-3-2-4-7-16)23-10-11-25-19(14-23)17-8-5-9-18(21)12-17/h2-9,12,15,19H,10-11,13-14H2,1H3,(H,22,24). The van der Waals surface area contributed by atoms with Crippen molar-refractivity contribution in [3.63, 3.8) is 0 Å². The summed E-state index contributed by atoms with van der Waals surface area (Å²) >= 11 is 0. The molecule has 0 aromatic heterocycles. The molecule has 132 valence electrons. The molecule has 1 saturated heterocycles. The molecule has 1 heterocycles. The van der Waals surface area contributed by atoms with Gasteiger partial charge in [0.25, 0.3) is 0 Å². The van der Waals surface area contributed by atoms with Crippen LogP contribution in [-0.2, 0) is 16.1 Å². The van der Waals surface area contributed by atoms with Crippen molar-refractivity contribution in [2.24, 2.45) is 0 Å². The number of carbonyl (C=O) groups is 1. The summed E-state index contributed by atoms with van der Waals surface area (Å²) in [6.45, 7) is 4.20. The summed E-state index contributed by atoms with van der Waals surface area (Å²) in [7, 11) is 0. The summed E-state index contributed by atoms with van der Waals surface area (Å²) in [6, 6.07) is 16.0. The number of halogens is 1. The van der Waals surface area contributed by atoms with Gasteiger partial charge in [0.15, 0.2) is 0 Å². The largest absolute Gasteiger partial charge is 0.371 e. The molecule has 5 heteroatoms. The maximum Gasteiger partial charge on any atom is 0.237 e. The Morgan fingerprint density at radius 1 is 1.28 bits per heavy atom. The fourth-order valence-corrected chi connectivity index (χ4v) is 3.03. The first-order chi connectivity index (χ1) is 12.1. The molecular formula is C20H23FN2O2. The molecule has 1 fully saturated rings. The zero-order chi connectivity index (χ0) is 17.6. The molecule has 1 amide bonds.